The molecule has 108 valence electrons. The fourth-order valence-electron chi connectivity index (χ4n) is 1.98. The van der Waals surface area contributed by atoms with E-state index in [-0.39, 0.29) is 0 Å². The number of hydrogen-bond donors (Lipinski definition) is 1. The predicted molar refractivity (Wildman–Crippen MR) is 86.6 cm³/mol. The van der Waals surface area contributed by atoms with Crippen molar-refractivity contribution in [3.8, 4) is 0 Å². The summed E-state index contributed by atoms with van der Waals surface area (Å²) in [5, 5.41) is 5.38. The zero-order valence-corrected chi connectivity index (χ0v) is 13.2. The van der Waals surface area contributed by atoms with Crippen molar-refractivity contribution in [3.05, 3.63) is 34.2 Å². The summed E-state index contributed by atoms with van der Waals surface area (Å²) in [5.74, 6) is 1.72. The van der Waals surface area contributed by atoms with E-state index in [9.17, 15) is 0 Å². The Hall–Kier alpha value is -1.62. The number of nitrogens with zero attached hydrogens (tertiary/aromatic N) is 3. The summed E-state index contributed by atoms with van der Waals surface area (Å²) in [6, 6.07) is 6.30. The zero-order chi connectivity index (χ0) is 14.4. The summed E-state index contributed by atoms with van der Waals surface area (Å²) in [6.45, 7) is 9.05. The molecule has 0 saturated carbocycles. The van der Waals surface area contributed by atoms with Crippen molar-refractivity contribution < 1.29 is 0 Å². The maximum Gasteiger partial charge on any atom is 0.224 e. The Bertz CT molecular complexity index is 525. The third kappa shape index (κ3) is 3.93. The molecule has 2 rings (SSSR count). The van der Waals surface area contributed by atoms with Crippen LogP contribution >= 0.6 is 11.3 Å². The molecule has 0 spiro atoms. The highest BCUT2D eigenvalue weighted by Crippen LogP contribution is 2.19. The summed E-state index contributed by atoms with van der Waals surface area (Å²) in [7, 11) is 0. The number of aryl methyl sites for hydroxylation is 1. The van der Waals surface area contributed by atoms with Gasteiger partial charge in [0.1, 0.15) is 5.82 Å². The van der Waals surface area contributed by atoms with Crippen LogP contribution in [0.3, 0.4) is 0 Å². The first-order valence-electron chi connectivity index (χ1n) is 7.09. The number of thiophene rings is 1. The lowest BCUT2D eigenvalue weighted by atomic mass is 10.3. The highest BCUT2D eigenvalue weighted by molar-refractivity contribution is 7.09. The molecule has 20 heavy (non-hydrogen) atoms. The molecule has 1 N–H and O–H groups in total. The lowest BCUT2D eigenvalue weighted by Crippen LogP contribution is -2.23. The van der Waals surface area contributed by atoms with Gasteiger partial charge in [-0.1, -0.05) is 13.0 Å². The van der Waals surface area contributed by atoms with Crippen LogP contribution in [0.4, 0.5) is 11.8 Å². The Morgan fingerprint density at radius 1 is 1.30 bits per heavy atom. The van der Waals surface area contributed by atoms with Crippen LogP contribution in [0.15, 0.2) is 23.6 Å². The molecule has 0 unspecified atom stereocenters. The van der Waals surface area contributed by atoms with E-state index in [4.69, 9.17) is 0 Å². The fraction of sp³-hybridized carbons (Fsp3) is 0.467. The minimum atomic E-state index is 0.728. The van der Waals surface area contributed by atoms with E-state index < -0.39 is 0 Å². The van der Waals surface area contributed by atoms with Crippen LogP contribution in [-0.4, -0.2) is 23.1 Å². The van der Waals surface area contributed by atoms with Crippen molar-refractivity contribution in [2.45, 2.75) is 33.7 Å². The molecule has 2 aromatic heterocycles. The summed E-state index contributed by atoms with van der Waals surface area (Å²) in [4.78, 5) is 12.7. The molecule has 2 aromatic rings. The van der Waals surface area contributed by atoms with Gasteiger partial charge in [-0.15, -0.1) is 11.3 Å². The van der Waals surface area contributed by atoms with Crippen molar-refractivity contribution >= 4 is 23.1 Å². The Kier molecular flexibility index (Phi) is 5.35. The molecule has 0 bridgehead atoms. The van der Waals surface area contributed by atoms with Crippen LogP contribution in [0.2, 0.25) is 0 Å². The van der Waals surface area contributed by atoms with Crippen molar-refractivity contribution in [3.63, 3.8) is 0 Å². The van der Waals surface area contributed by atoms with Crippen LogP contribution < -0.4 is 10.2 Å². The zero-order valence-electron chi connectivity index (χ0n) is 12.4. The largest absolute Gasteiger partial charge is 0.354 e. The first-order valence-corrected chi connectivity index (χ1v) is 7.97. The van der Waals surface area contributed by atoms with Crippen LogP contribution in [0, 0.1) is 6.92 Å². The molecule has 0 saturated heterocycles. The molecule has 0 atom stereocenters. The highest BCUT2D eigenvalue weighted by atomic mass is 32.1. The Balaban J connectivity index is 2.17. The van der Waals surface area contributed by atoms with Gasteiger partial charge < -0.3 is 10.2 Å². The van der Waals surface area contributed by atoms with Crippen LogP contribution in [0.5, 0.6) is 0 Å². The summed E-state index contributed by atoms with van der Waals surface area (Å²) < 4.78 is 0. The van der Waals surface area contributed by atoms with Gasteiger partial charge in [0.2, 0.25) is 5.95 Å². The second-order valence-electron chi connectivity index (χ2n) is 4.71. The molecule has 4 nitrogen and oxygen atoms in total. The van der Waals surface area contributed by atoms with Gasteiger partial charge in [-0.3, -0.25) is 0 Å². The Morgan fingerprint density at radius 2 is 2.15 bits per heavy atom. The molecule has 2 heterocycles. The van der Waals surface area contributed by atoms with Gasteiger partial charge in [-0.25, -0.2) is 4.98 Å². The fourth-order valence-corrected chi connectivity index (χ4v) is 2.69. The topological polar surface area (TPSA) is 41.1 Å². The molecule has 0 amide bonds. The Labute approximate surface area is 124 Å². The van der Waals surface area contributed by atoms with Crippen LogP contribution in [0.25, 0.3) is 0 Å². The van der Waals surface area contributed by atoms with E-state index in [1.807, 2.05) is 13.0 Å². The first-order chi connectivity index (χ1) is 9.72. The van der Waals surface area contributed by atoms with Gasteiger partial charge in [0.05, 0.1) is 6.54 Å². The molecule has 0 fully saturated rings. The number of rotatable bonds is 7. The maximum absolute atomic E-state index is 4.63. The number of nitrogens with one attached hydrogen (secondary N) is 1. The van der Waals surface area contributed by atoms with Crippen molar-refractivity contribution in [2.24, 2.45) is 0 Å². The van der Waals surface area contributed by atoms with Crippen LogP contribution in [0.1, 0.15) is 30.8 Å². The molecule has 0 aliphatic heterocycles. The van der Waals surface area contributed by atoms with Gasteiger partial charge in [0.25, 0.3) is 0 Å². The van der Waals surface area contributed by atoms with Crippen LogP contribution in [-0.2, 0) is 6.54 Å². The quantitative estimate of drug-likeness (QED) is 0.844. The molecular weight excluding hydrogens is 268 g/mol. The van der Waals surface area contributed by atoms with Crippen molar-refractivity contribution in [1.29, 1.82) is 0 Å². The number of anilines is 2. The maximum atomic E-state index is 4.63. The average Bonchev–Trinajstić information content (AvgIpc) is 2.95. The number of hydrogen-bond acceptors (Lipinski definition) is 5. The predicted octanol–water partition coefficient (Wildman–Crippen LogP) is 3.69. The van der Waals surface area contributed by atoms with Gasteiger partial charge in [0, 0.05) is 29.7 Å². The van der Waals surface area contributed by atoms with Gasteiger partial charge in [0.15, 0.2) is 0 Å². The lowest BCUT2D eigenvalue weighted by molar-refractivity contribution is 0.815. The monoisotopic (exact) mass is 290 g/mol. The lowest BCUT2D eigenvalue weighted by Gasteiger charge is -2.22. The van der Waals surface area contributed by atoms with E-state index in [1.165, 1.54) is 4.88 Å². The SMILES string of the molecule is CCCNc1nc(C)cc(N(CC)Cc2cccs2)n1. The van der Waals surface area contributed by atoms with Gasteiger partial charge in [-0.05, 0) is 31.7 Å². The van der Waals surface area contributed by atoms with E-state index >= 15 is 0 Å². The van der Waals surface area contributed by atoms with Gasteiger partial charge >= 0.3 is 0 Å². The highest BCUT2D eigenvalue weighted by Gasteiger charge is 2.10. The standard InChI is InChI=1S/C15H22N4S/c1-4-8-16-15-17-12(3)10-14(18-15)19(5-2)11-13-7-6-9-20-13/h6-7,9-10H,4-5,8,11H2,1-3H3,(H,16,17,18). The summed E-state index contributed by atoms with van der Waals surface area (Å²) in [5.41, 5.74) is 0.998. The molecule has 0 aliphatic carbocycles. The second kappa shape index (κ2) is 7.24. The molecule has 0 aliphatic rings. The summed E-state index contributed by atoms with van der Waals surface area (Å²) in [6.07, 6.45) is 1.07. The third-order valence-electron chi connectivity index (χ3n) is 3.01. The van der Waals surface area contributed by atoms with E-state index in [0.29, 0.717) is 0 Å². The van der Waals surface area contributed by atoms with E-state index in [2.05, 4.69) is 51.5 Å². The molecular formula is C15H22N4S. The minimum Gasteiger partial charge on any atom is -0.354 e. The number of aromatic nitrogens is 2. The van der Waals surface area contributed by atoms with E-state index in [0.717, 1.165) is 43.5 Å². The molecule has 0 aromatic carbocycles. The molecule has 5 heteroatoms. The van der Waals surface area contributed by atoms with Crippen molar-refractivity contribution in [2.75, 3.05) is 23.3 Å². The molecule has 0 radical (unpaired) electrons. The first kappa shape index (κ1) is 14.8. The van der Waals surface area contributed by atoms with E-state index in [1.54, 1.807) is 11.3 Å². The Morgan fingerprint density at radius 3 is 2.80 bits per heavy atom. The normalized spacial score (nSPS) is 10.6. The smallest absolute Gasteiger partial charge is 0.224 e. The average molecular weight is 290 g/mol. The van der Waals surface area contributed by atoms with Crippen molar-refractivity contribution in [1.82, 2.24) is 9.97 Å². The minimum absolute atomic E-state index is 0.728. The summed E-state index contributed by atoms with van der Waals surface area (Å²) >= 11 is 1.78. The third-order valence-corrected chi connectivity index (χ3v) is 3.87. The second-order valence-corrected chi connectivity index (χ2v) is 5.74. The van der Waals surface area contributed by atoms with Gasteiger partial charge in [-0.2, -0.15) is 4.98 Å².